The highest BCUT2D eigenvalue weighted by Gasteiger charge is 2.41. The molecule has 0 bridgehead atoms. The minimum absolute atomic E-state index is 0.0227. The van der Waals surface area contributed by atoms with Gasteiger partial charge in [-0.3, -0.25) is 4.98 Å². The molecule has 0 radical (unpaired) electrons. The summed E-state index contributed by atoms with van der Waals surface area (Å²) in [6.45, 7) is 5.83. The number of aromatic nitrogens is 2. The first-order valence-electron chi connectivity index (χ1n) is 10.9. The number of nitrogens with one attached hydrogen (secondary N) is 1. The van der Waals surface area contributed by atoms with Crippen LogP contribution < -0.4 is 10.1 Å². The van der Waals surface area contributed by atoms with E-state index in [0.29, 0.717) is 6.61 Å². The van der Waals surface area contributed by atoms with Gasteiger partial charge in [0, 0.05) is 49.6 Å². The molecule has 4 rings (SSSR count). The molecule has 1 aromatic carbocycles. The molecule has 0 saturated carbocycles. The van der Waals surface area contributed by atoms with E-state index in [1.165, 1.54) is 17.0 Å². The van der Waals surface area contributed by atoms with Crippen LogP contribution in [-0.4, -0.2) is 46.9 Å². The number of thiocarbonyl (C=S) groups is 1. The summed E-state index contributed by atoms with van der Waals surface area (Å²) in [5.74, 6) is 0.841. The number of nitrogens with zero attached hydrogens (tertiary/aromatic N) is 3. The van der Waals surface area contributed by atoms with Crippen LogP contribution in [0.15, 0.2) is 54.7 Å². The van der Waals surface area contributed by atoms with Crippen LogP contribution in [0, 0.1) is 13.8 Å². The second-order valence-corrected chi connectivity index (χ2v) is 8.42. The van der Waals surface area contributed by atoms with Crippen molar-refractivity contribution in [2.45, 2.75) is 32.4 Å². The van der Waals surface area contributed by atoms with E-state index in [1.54, 1.807) is 14.2 Å². The van der Waals surface area contributed by atoms with Gasteiger partial charge in [-0.25, -0.2) is 0 Å². The van der Waals surface area contributed by atoms with Crippen molar-refractivity contribution >= 4 is 17.3 Å². The Kier molecular flexibility index (Phi) is 6.77. The van der Waals surface area contributed by atoms with Gasteiger partial charge >= 0.3 is 0 Å². The Labute approximate surface area is 195 Å². The number of hydrogen-bond donors (Lipinski definition) is 1. The van der Waals surface area contributed by atoms with E-state index in [1.807, 2.05) is 30.5 Å². The lowest BCUT2D eigenvalue weighted by molar-refractivity contribution is 0.180. The number of rotatable bonds is 8. The molecule has 0 aliphatic carbocycles. The van der Waals surface area contributed by atoms with Crippen molar-refractivity contribution in [1.29, 1.82) is 0 Å². The smallest absolute Gasteiger partial charge is 0.170 e. The molecule has 0 unspecified atom stereocenters. The Hall–Kier alpha value is -2.90. The maximum absolute atomic E-state index is 5.78. The summed E-state index contributed by atoms with van der Waals surface area (Å²) in [7, 11) is 3.43. The summed E-state index contributed by atoms with van der Waals surface area (Å²) in [5.41, 5.74) is 5.66. The monoisotopic (exact) mass is 450 g/mol. The first kappa shape index (κ1) is 22.3. The minimum Gasteiger partial charge on any atom is -0.497 e. The third kappa shape index (κ3) is 4.23. The van der Waals surface area contributed by atoms with Crippen molar-refractivity contribution in [2.75, 3.05) is 27.4 Å². The SMILES string of the molecule is COCCCN1C(=S)N[C@@H](c2ccccn2)[C@H]1c1cc(C)n(-c2cccc(OC)c2)c1C. The number of methoxy groups -OCH3 is 2. The number of benzene rings is 1. The number of aryl methyl sites for hydroxylation is 1. The van der Waals surface area contributed by atoms with Crippen molar-refractivity contribution < 1.29 is 9.47 Å². The van der Waals surface area contributed by atoms with Gasteiger partial charge in [0.2, 0.25) is 0 Å². The van der Waals surface area contributed by atoms with Crippen LogP contribution in [0.3, 0.4) is 0 Å². The molecule has 2 atom stereocenters. The van der Waals surface area contributed by atoms with Gasteiger partial charge in [0.1, 0.15) is 5.75 Å². The molecule has 168 valence electrons. The average Bonchev–Trinajstić information content (AvgIpc) is 3.29. The maximum Gasteiger partial charge on any atom is 0.170 e. The lowest BCUT2D eigenvalue weighted by atomic mass is 9.96. The fourth-order valence-corrected chi connectivity index (χ4v) is 4.93. The minimum atomic E-state index is -0.0227. The number of pyridine rings is 1. The van der Waals surface area contributed by atoms with Crippen molar-refractivity contribution in [3.05, 3.63) is 77.4 Å². The van der Waals surface area contributed by atoms with Crippen LogP contribution >= 0.6 is 12.2 Å². The van der Waals surface area contributed by atoms with Crippen LogP contribution in [0.2, 0.25) is 0 Å². The number of hydrogen-bond acceptors (Lipinski definition) is 4. The van der Waals surface area contributed by atoms with Gasteiger partial charge in [-0.1, -0.05) is 12.1 Å². The van der Waals surface area contributed by atoms with Gasteiger partial charge in [-0.2, -0.15) is 0 Å². The summed E-state index contributed by atoms with van der Waals surface area (Å²) in [6, 6.07) is 16.5. The standard InChI is InChI=1S/C25H30N4O2S/c1-17-15-21(18(2)29(17)19-9-7-10-20(16-19)31-4)24-23(22-11-5-6-12-26-22)27-25(32)28(24)13-8-14-30-3/h5-7,9-12,15-16,23-24H,8,13-14H2,1-4H3,(H,27,32)/t23-,24+/m0/s1. The predicted molar refractivity (Wildman–Crippen MR) is 130 cm³/mol. The van der Waals surface area contributed by atoms with Crippen LogP contribution in [0.5, 0.6) is 5.75 Å². The van der Waals surface area contributed by atoms with E-state index in [-0.39, 0.29) is 12.1 Å². The van der Waals surface area contributed by atoms with Gasteiger partial charge in [0.25, 0.3) is 0 Å². The van der Waals surface area contributed by atoms with E-state index in [2.05, 4.69) is 57.9 Å². The van der Waals surface area contributed by atoms with E-state index >= 15 is 0 Å². The Morgan fingerprint density at radius 2 is 1.94 bits per heavy atom. The van der Waals surface area contributed by atoms with Gasteiger partial charge < -0.3 is 24.3 Å². The molecule has 1 fully saturated rings. The first-order valence-corrected chi connectivity index (χ1v) is 11.3. The van der Waals surface area contributed by atoms with Crippen LogP contribution in [0.4, 0.5) is 0 Å². The normalized spacial score (nSPS) is 18.1. The van der Waals surface area contributed by atoms with Crippen LogP contribution in [-0.2, 0) is 4.74 Å². The summed E-state index contributed by atoms with van der Waals surface area (Å²) < 4.78 is 13.0. The van der Waals surface area contributed by atoms with Gasteiger partial charge in [-0.15, -0.1) is 0 Å². The van der Waals surface area contributed by atoms with Crippen molar-refractivity contribution in [3.8, 4) is 11.4 Å². The highest BCUT2D eigenvalue weighted by molar-refractivity contribution is 7.80. The van der Waals surface area contributed by atoms with Gasteiger partial charge in [-0.05, 0) is 68.4 Å². The molecule has 1 aliphatic heterocycles. The molecule has 32 heavy (non-hydrogen) atoms. The van der Waals surface area contributed by atoms with Gasteiger partial charge in [0.15, 0.2) is 5.11 Å². The molecule has 1 saturated heterocycles. The summed E-state index contributed by atoms with van der Waals surface area (Å²) in [5, 5.41) is 4.29. The van der Waals surface area contributed by atoms with Crippen molar-refractivity contribution in [1.82, 2.24) is 19.8 Å². The predicted octanol–water partition coefficient (Wildman–Crippen LogP) is 4.51. The largest absolute Gasteiger partial charge is 0.497 e. The molecule has 3 aromatic rings. The fourth-order valence-electron chi connectivity index (χ4n) is 4.60. The van der Waals surface area contributed by atoms with Crippen molar-refractivity contribution in [2.24, 2.45) is 0 Å². The highest BCUT2D eigenvalue weighted by Crippen LogP contribution is 2.41. The Bertz CT molecular complexity index is 1080. The van der Waals surface area contributed by atoms with Gasteiger partial charge in [0.05, 0.1) is 24.9 Å². The Morgan fingerprint density at radius 3 is 2.66 bits per heavy atom. The summed E-state index contributed by atoms with van der Waals surface area (Å²) in [6.07, 6.45) is 2.74. The molecular weight excluding hydrogens is 420 g/mol. The first-order chi connectivity index (χ1) is 15.5. The van der Waals surface area contributed by atoms with Crippen LogP contribution in [0.1, 0.15) is 41.1 Å². The molecule has 1 aliphatic rings. The molecule has 2 aromatic heterocycles. The Balaban J connectivity index is 1.78. The number of ether oxygens (including phenoxy) is 2. The van der Waals surface area contributed by atoms with E-state index in [0.717, 1.165) is 35.2 Å². The molecule has 1 N–H and O–H groups in total. The molecule has 6 nitrogen and oxygen atoms in total. The fraction of sp³-hybridized carbons (Fsp3) is 0.360. The molecule has 3 heterocycles. The van der Waals surface area contributed by atoms with Crippen molar-refractivity contribution in [3.63, 3.8) is 0 Å². The zero-order valence-electron chi connectivity index (χ0n) is 19.0. The zero-order chi connectivity index (χ0) is 22.7. The topological polar surface area (TPSA) is 51.5 Å². The summed E-state index contributed by atoms with van der Waals surface area (Å²) in [4.78, 5) is 6.93. The second kappa shape index (κ2) is 9.71. The second-order valence-electron chi connectivity index (χ2n) is 8.03. The molecule has 0 amide bonds. The lowest BCUT2D eigenvalue weighted by Gasteiger charge is -2.28. The summed E-state index contributed by atoms with van der Waals surface area (Å²) >= 11 is 5.78. The van der Waals surface area contributed by atoms with E-state index in [9.17, 15) is 0 Å². The quantitative estimate of drug-likeness (QED) is 0.403. The third-order valence-electron chi connectivity index (χ3n) is 6.05. The van der Waals surface area contributed by atoms with E-state index < -0.39 is 0 Å². The zero-order valence-corrected chi connectivity index (χ0v) is 19.9. The van der Waals surface area contributed by atoms with Crippen LogP contribution in [0.25, 0.3) is 5.69 Å². The molecular formula is C25H30N4O2S. The average molecular weight is 451 g/mol. The third-order valence-corrected chi connectivity index (χ3v) is 6.40. The molecule has 0 spiro atoms. The molecule has 7 heteroatoms. The van der Waals surface area contributed by atoms with E-state index in [4.69, 9.17) is 21.7 Å². The lowest BCUT2D eigenvalue weighted by Crippen LogP contribution is -2.31. The Morgan fingerprint density at radius 1 is 1.09 bits per heavy atom. The highest BCUT2D eigenvalue weighted by atomic mass is 32.1. The maximum atomic E-state index is 5.78.